The van der Waals surface area contributed by atoms with Crippen LogP contribution in [0.25, 0.3) is 22.2 Å². The number of fused-ring (bicyclic) bond motifs is 2. The molecule has 6 rings (SSSR count). The minimum atomic E-state index is -4.34. The van der Waals surface area contributed by atoms with Crippen molar-refractivity contribution in [2.45, 2.75) is 31.1 Å². The summed E-state index contributed by atoms with van der Waals surface area (Å²) >= 11 is 0. The number of halogens is 3. The molecule has 0 radical (unpaired) electrons. The summed E-state index contributed by atoms with van der Waals surface area (Å²) in [5.41, 5.74) is 3.54. The Balaban J connectivity index is 1.37. The summed E-state index contributed by atoms with van der Waals surface area (Å²) < 4.78 is 45.2. The van der Waals surface area contributed by atoms with Crippen molar-refractivity contribution in [2.24, 2.45) is 0 Å². The van der Waals surface area contributed by atoms with Gasteiger partial charge in [-0.15, -0.1) is 0 Å². The molecule has 12 heteroatoms. The lowest BCUT2D eigenvalue weighted by Gasteiger charge is -2.44. The molecule has 202 valence electrons. The standard InChI is InChI=1S/C27H26F3N7O2/c1-26(14-36(15-27(28,29)30)13-20(26)16-6-4-3-5-7-16)37-12-17-8-19-22(9-21(17)33-25(37)38)34-35-23(19)18-10-31-24(39-2)32-11-18/h3-11,20H,12-15H2,1-2H3,(H,33,38)(H,34,35). The number of alkyl halides is 3. The maximum atomic E-state index is 13.5. The van der Waals surface area contributed by atoms with E-state index >= 15 is 0 Å². The second-order valence-electron chi connectivity index (χ2n) is 10.2. The molecule has 39 heavy (non-hydrogen) atoms. The largest absolute Gasteiger partial charge is 0.467 e. The lowest BCUT2D eigenvalue weighted by Crippen LogP contribution is -2.56. The van der Waals surface area contributed by atoms with Crippen molar-refractivity contribution in [3.8, 4) is 17.3 Å². The number of nitrogens with zero attached hydrogens (tertiary/aromatic N) is 5. The van der Waals surface area contributed by atoms with E-state index in [1.807, 2.05) is 49.4 Å². The van der Waals surface area contributed by atoms with Gasteiger partial charge in [0.05, 0.1) is 31.3 Å². The van der Waals surface area contributed by atoms with Crippen molar-refractivity contribution in [3.63, 3.8) is 0 Å². The lowest BCUT2D eigenvalue weighted by atomic mass is 9.81. The monoisotopic (exact) mass is 537 g/mol. The minimum Gasteiger partial charge on any atom is -0.467 e. The first-order valence-electron chi connectivity index (χ1n) is 12.4. The summed E-state index contributed by atoms with van der Waals surface area (Å²) in [6, 6.07) is 13.1. The Morgan fingerprint density at radius 2 is 1.90 bits per heavy atom. The van der Waals surface area contributed by atoms with Crippen LogP contribution in [0.2, 0.25) is 0 Å². The van der Waals surface area contributed by atoms with Gasteiger partial charge in [-0.25, -0.2) is 14.8 Å². The summed E-state index contributed by atoms with van der Waals surface area (Å²) in [6.07, 6.45) is -1.10. The summed E-state index contributed by atoms with van der Waals surface area (Å²) in [6.45, 7) is 1.37. The predicted molar refractivity (Wildman–Crippen MR) is 138 cm³/mol. The number of hydrogen-bond acceptors (Lipinski definition) is 6. The van der Waals surface area contributed by atoms with Crippen molar-refractivity contribution in [3.05, 3.63) is 66.0 Å². The molecule has 2 unspecified atom stereocenters. The van der Waals surface area contributed by atoms with Crippen molar-refractivity contribution < 1.29 is 22.7 Å². The molecule has 0 bridgehead atoms. The summed E-state index contributed by atoms with van der Waals surface area (Å²) in [5, 5.41) is 11.2. The van der Waals surface area contributed by atoms with E-state index in [1.54, 1.807) is 17.3 Å². The molecule has 2 atom stereocenters. The molecule has 2 N–H and O–H groups in total. The van der Waals surface area contributed by atoms with Crippen LogP contribution in [0.15, 0.2) is 54.9 Å². The van der Waals surface area contributed by atoms with Crippen LogP contribution in [0.3, 0.4) is 0 Å². The van der Waals surface area contributed by atoms with E-state index in [-0.39, 0.29) is 37.6 Å². The maximum absolute atomic E-state index is 13.5. The van der Waals surface area contributed by atoms with Gasteiger partial charge in [0, 0.05) is 48.0 Å². The maximum Gasteiger partial charge on any atom is 0.401 e. The molecule has 4 aromatic rings. The number of aromatic amines is 1. The third-order valence-corrected chi connectivity index (χ3v) is 7.64. The highest BCUT2D eigenvalue weighted by atomic mass is 19.4. The number of hydrogen-bond donors (Lipinski definition) is 2. The first-order chi connectivity index (χ1) is 18.6. The number of ether oxygens (including phenoxy) is 1. The third-order valence-electron chi connectivity index (χ3n) is 7.64. The van der Waals surface area contributed by atoms with Crippen LogP contribution in [0.4, 0.5) is 23.7 Å². The topological polar surface area (TPSA) is 99.3 Å². The number of carbonyl (C=O) groups excluding carboxylic acids is 1. The van der Waals surface area contributed by atoms with Crippen LogP contribution < -0.4 is 10.1 Å². The van der Waals surface area contributed by atoms with Gasteiger partial charge in [-0.05, 0) is 30.2 Å². The van der Waals surface area contributed by atoms with Crippen LogP contribution >= 0.6 is 0 Å². The Morgan fingerprint density at radius 3 is 2.59 bits per heavy atom. The van der Waals surface area contributed by atoms with E-state index in [1.165, 1.54) is 12.0 Å². The van der Waals surface area contributed by atoms with Crippen LogP contribution in [0.5, 0.6) is 6.01 Å². The molecule has 1 saturated heterocycles. The summed E-state index contributed by atoms with van der Waals surface area (Å²) in [4.78, 5) is 24.8. The molecule has 2 amide bonds. The summed E-state index contributed by atoms with van der Waals surface area (Å²) in [5.74, 6) is -0.307. The lowest BCUT2D eigenvalue weighted by molar-refractivity contribution is -0.144. The van der Waals surface area contributed by atoms with Gasteiger partial charge in [0.15, 0.2) is 0 Å². The van der Waals surface area contributed by atoms with Gasteiger partial charge >= 0.3 is 18.2 Å². The highest BCUT2D eigenvalue weighted by molar-refractivity contribution is 6.00. The highest BCUT2D eigenvalue weighted by Gasteiger charge is 2.52. The molecule has 1 fully saturated rings. The van der Waals surface area contributed by atoms with Gasteiger partial charge in [0.25, 0.3) is 0 Å². The van der Waals surface area contributed by atoms with Gasteiger partial charge in [0.2, 0.25) is 0 Å². The van der Waals surface area contributed by atoms with E-state index in [0.717, 1.165) is 22.0 Å². The van der Waals surface area contributed by atoms with Crippen LogP contribution in [0, 0.1) is 0 Å². The molecule has 9 nitrogen and oxygen atoms in total. The Labute approximate surface area is 222 Å². The Hall–Kier alpha value is -4.19. The van der Waals surface area contributed by atoms with Crippen molar-refractivity contribution in [1.29, 1.82) is 0 Å². The normalized spacial score (nSPS) is 21.7. The second-order valence-corrected chi connectivity index (χ2v) is 10.2. The van der Waals surface area contributed by atoms with Crippen LogP contribution in [0.1, 0.15) is 24.0 Å². The van der Waals surface area contributed by atoms with Gasteiger partial charge < -0.3 is 15.0 Å². The molecule has 0 aliphatic carbocycles. The molecule has 2 aliphatic rings. The minimum absolute atomic E-state index is 0.0945. The number of benzene rings is 2. The molecule has 2 aromatic carbocycles. The zero-order chi connectivity index (χ0) is 27.4. The highest BCUT2D eigenvalue weighted by Crippen LogP contribution is 2.44. The molecule has 2 aromatic heterocycles. The fourth-order valence-corrected chi connectivity index (χ4v) is 5.84. The fourth-order valence-electron chi connectivity index (χ4n) is 5.84. The van der Waals surface area contributed by atoms with E-state index in [0.29, 0.717) is 16.9 Å². The average molecular weight is 538 g/mol. The number of likely N-dealkylation sites (tertiary alicyclic amines) is 1. The van der Waals surface area contributed by atoms with Gasteiger partial charge in [-0.3, -0.25) is 10.00 Å². The first kappa shape index (κ1) is 25.1. The van der Waals surface area contributed by atoms with Crippen molar-refractivity contribution in [2.75, 3.05) is 32.1 Å². The number of amides is 2. The molecule has 0 spiro atoms. The van der Waals surface area contributed by atoms with E-state index in [2.05, 4.69) is 25.5 Å². The molecular formula is C27H26F3N7O2. The van der Waals surface area contributed by atoms with Crippen molar-refractivity contribution >= 4 is 22.6 Å². The quantitative estimate of drug-likeness (QED) is 0.380. The second kappa shape index (κ2) is 9.23. The third kappa shape index (κ3) is 4.54. The number of rotatable bonds is 5. The first-order valence-corrected chi connectivity index (χ1v) is 12.4. The van der Waals surface area contributed by atoms with Crippen LogP contribution in [-0.4, -0.2) is 74.5 Å². The molecular weight excluding hydrogens is 511 g/mol. The van der Waals surface area contributed by atoms with E-state index in [4.69, 9.17) is 4.74 Å². The fraction of sp³-hybridized carbons (Fsp3) is 0.333. The predicted octanol–water partition coefficient (Wildman–Crippen LogP) is 4.80. The number of anilines is 1. The van der Waals surface area contributed by atoms with Gasteiger partial charge in [-0.1, -0.05) is 30.3 Å². The summed E-state index contributed by atoms with van der Waals surface area (Å²) in [7, 11) is 1.49. The number of methoxy groups -OCH3 is 1. The Morgan fingerprint density at radius 1 is 1.15 bits per heavy atom. The Kier molecular flexibility index (Phi) is 5.94. The number of aromatic nitrogens is 4. The zero-order valence-corrected chi connectivity index (χ0v) is 21.3. The number of H-pyrrole nitrogens is 1. The van der Waals surface area contributed by atoms with Crippen LogP contribution in [-0.2, 0) is 6.54 Å². The van der Waals surface area contributed by atoms with Gasteiger partial charge in [-0.2, -0.15) is 18.3 Å². The van der Waals surface area contributed by atoms with E-state index < -0.39 is 18.3 Å². The molecule has 2 aliphatic heterocycles. The van der Waals surface area contributed by atoms with Gasteiger partial charge in [0.1, 0.15) is 5.69 Å². The average Bonchev–Trinajstić information content (AvgIpc) is 3.47. The smallest absolute Gasteiger partial charge is 0.401 e. The molecule has 4 heterocycles. The number of nitrogens with one attached hydrogen (secondary N) is 2. The van der Waals surface area contributed by atoms with Crippen molar-refractivity contribution in [1.82, 2.24) is 30.0 Å². The number of carbonyl (C=O) groups is 1. The van der Waals surface area contributed by atoms with E-state index in [9.17, 15) is 18.0 Å². The Bertz CT molecular complexity index is 1520. The SMILES string of the molecule is COc1ncc(-c2n[nH]c3cc4c(cc23)CN(C2(C)CN(CC(F)(F)F)CC2c2ccccc2)C(=O)N4)cn1. The number of urea groups is 1. The zero-order valence-electron chi connectivity index (χ0n) is 21.3. The molecule has 0 saturated carbocycles.